The van der Waals surface area contributed by atoms with Crippen LogP contribution in [0, 0.1) is 4.77 Å². The third kappa shape index (κ3) is 5.89. The summed E-state index contributed by atoms with van der Waals surface area (Å²) < 4.78 is 20.6. The summed E-state index contributed by atoms with van der Waals surface area (Å²) >= 11 is 11.8. The Balaban J connectivity index is 1.90. The highest BCUT2D eigenvalue weighted by atomic mass is 35.5. The summed E-state index contributed by atoms with van der Waals surface area (Å²) in [5.74, 6) is 2.10. The Labute approximate surface area is 199 Å². The van der Waals surface area contributed by atoms with Crippen LogP contribution in [0.5, 0.6) is 11.5 Å². The van der Waals surface area contributed by atoms with Gasteiger partial charge in [-0.25, -0.2) is 4.68 Å². The number of hydrogen-bond donors (Lipinski definition) is 0. The molecule has 0 unspecified atom stereocenters. The van der Waals surface area contributed by atoms with Crippen molar-refractivity contribution in [2.45, 2.75) is 26.2 Å². The van der Waals surface area contributed by atoms with Crippen LogP contribution in [0.15, 0.2) is 42.5 Å². The number of rotatable bonds is 11. The summed E-state index contributed by atoms with van der Waals surface area (Å²) in [6, 6.07) is 13.6. The van der Waals surface area contributed by atoms with Crippen molar-refractivity contribution >= 4 is 23.8 Å². The molecule has 0 saturated heterocycles. The standard InChI is InChI=1S/C23H29ClN4O3S/c1-26(15-17-6-9-19(24)10-7-17)16-28-23(32)27(12-5-13-29-2)22(25-28)18-8-11-20(30-3)21(14-18)31-4/h6-11,14H,5,12-13,15-16H2,1-4H3. The summed E-state index contributed by atoms with van der Waals surface area (Å²) in [6.45, 7) is 2.66. The zero-order valence-corrected chi connectivity index (χ0v) is 20.4. The molecule has 0 spiro atoms. The minimum Gasteiger partial charge on any atom is -0.493 e. The van der Waals surface area contributed by atoms with Gasteiger partial charge in [0, 0.05) is 37.4 Å². The number of ether oxygens (including phenoxy) is 3. The SMILES string of the molecule is COCCCn1c(-c2ccc(OC)c(OC)c2)nn(CN(C)Cc2ccc(Cl)cc2)c1=S. The largest absolute Gasteiger partial charge is 0.493 e. The molecule has 0 aliphatic rings. The van der Waals surface area contributed by atoms with E-state index in [0.717, 1.165) is 29.4 Å². The van der Waals surface area contributed by atoms with E-state index in [0.29, 0.717) is 36.1 Å². The number of benzene rings is 2. The van der Waals surface area contributed by atoms with E-state index >= 15 is 0 Å². The molecule has 0 amide bonds. The van der Waals surface area contributed by atoms with Gasteiger partial charge >= 0.3 is 0 Å². The zero-order valence-electron chi connectivity index (χ0n) is 18.9. The smallest absolute Gasteiger partial charge is 0.199 e. The van der Waals surface area contributed by atoms with Crippen molar-refractivity contribution in [3.63, 3.8) is 0 Å². The Hall–Kier alpha value is -2.39. The maximum atomic E-state index is 6.00. The molecule has 3 rings (SSSR count). The lowest BCUT2D eigenvalue weighted by atomic mass is 10.2. The van der Waals surface area contributed by atoms with Crippen LogP contribution in [0.1, 0.15) is 12.0 Å². The van der Waals surface area contributed by atoms with Crippen molar-refractivity contribution in [3.05, 3.63) is 57.8 Å². The average molecular weight is 477 g/mol. The van der Waals surface area contributed by atoms with Gasteiger partial charge in [-0.3, -0.25) is 9.47 Å². The highest BCUT2D eigenvalue weighted by Gasteiger charge is 2.16. The lowest BCUT2D eigenvalue weighted by Gasteiger charge is -2.16. The zero-order chi connectivity index (χ0) is 23.1. The second kappa shape index (κ2) is 11.5. The van der Waals surface area contributed by atoms with Crippen LogP contribution in [-0.4, -0.2) is 54.2 Å². The molecule has 0 radical (unpaired) electrons. The molecular weight excluding hydrogens is 448 g/mol. The molecular formula is C23H29ClN4O3S. The second-order valence-corrected chi connectivity index (χ2v) is 8.26. The van der Waals surface area contributed by atoms with Crippen LogP contribution in [0.2, 0.25) is 5.02 Å². The quantitative estimate of drug-likeness (QED) is 0.290. The maximum absolute atomic E-state index is 6.00. The Morgan fingerprint density at radius 1 is 1.03 bits per heavy atom. The molecule has 7 nitrogen and oxygen atoms in total. The predicted octanol–water partition coefficient (Wildman–Crippen LogP) is 4.88. The summed E-state index contributed by atoms with van der Waals surface area (Å²) in [7, 11) is 6.98. The van der Waals surface area contributed by atoms with Crippen LogP contribution in [0.25, 0.3) is 11.4 Å². The summed E-state index contributed by atoms with van der Waals surface area (Å²) in [6.07, 6.45) is 0.831. The van der Waals surface area contributed by atoms with Gasteiger partial charge in [-0.2, -0.15) is 5.10 Å². The van der Waals surface area contributed by atoms with Crippen molar-refractivity contribution in [1.29, 1.82) is 0 Å². The average Bonchev–Trinajstić information content (AvgIpc) is 3.10. The van der Waals surface area contributed by atoms with Gasteiger partial charge in [0.2, 0.25) is 0 Å². The van der Waals surface area contributed by atoms with Gasteiger partial charge in [-0.1, -0.05) is 23.7 Å². The first kappa shape index (κ1) is 24.3. The Morgan fingerprint density at radius 3 is 2.41 bits per heavy atom. The maximum Gasteiger partial charge on any atom is 0.199 e. The highest BCUT2D eigenvalue weighted by Crippen LogP contribution is 2.32. The molecule has 0 N–H and O–H groups in total. The Kier molecular flexibility index (Phi) is 8.69. The third-order valence-electron chi connectivity index (χ3n) is 5.04. The van der Waals surface area contributed by atoms with E-state index in [1.807, 2.05) is 58.8 Å². The van der Waals surface area contributed by atoms with Crippen molar-refractivity contribution < 1.29 is 14.2 Å². The van der Waals surface area contributed by atoms with Gasteiger partial charge in [0.05, 0.1) is 20.9 Å². The lowest BCUT2D eigenvalue weighted by molar-refractivity contribution is 0.190. The molecule has 3 aromatic rings. The predicted molar refractivity (Wildman–Crippen MR) is 129 cm³/mol. The molecule has 0 fully saturated rings. The Bertz CT molecular complexity index is 1080. The highest BCUT2D eigenvalue weighted by molar-refractivity contribution is 7.71. The van der Waals surface area contributed by atoms with E-state index in [-0.39, 0.29) is 0 Å². The van der Waals surface area contributed by atoms with Crippen molar-refractivity contribution in [1.82, 2.24) is 19.2 Å². The number of hydrogen-bond acceptors (Lipinski definition) is 6. The van der Waals surface area contributed by atoms with E-state index in [1.165, 1.54) is 5.56 Å². The summed E-state index contributed by atoms with van der Waals surface area (Å²) in [5.41, 5.74) is 2.08. The molecule has 172 valence electrons. The molecule has 0 bridgehead atoms. The minimum atomic E-state index is 0.555. The van der Waals surface area contributed by atoms with Crippen LogP contribution < -0.4 is 9.47 Å². The van der Waals surface area contributed by atoms with Crippen LogP contribution >= 0.6 is 23.8 Å². The fraction of sp³-hybridized carbons (Fsp3) is 0.391. The first-order valence-electron chi connectivity index (χ1n) is 10.3. The first-order chi connectivity index (χ1) is 15.5. The Morgan fingerprint density at radius 2 is 1.75 bits per heavy atom. The van der Waals surface area contributed by atoms with Crippen LogP contribution in [0.3, 0.4) is 0 Å². The van der Waals surface area contributed by atoms with Gasteiger partial charge in [-0.05, 0) is 61.6 Å². The molecule has 0 saturated carbocycles. The molecule has 1 aromatic heterocycles. The lowest BCUT2D eigenvalue weighted by Crippen LogP contribution is -2.22. The molecule has 2 aromatic carbocycles. The number of nitrogens with zero attached hydrogens (tertiary/aromatic N) is 4. The normalized spacial score (nSPS) is 11.2. The number of aromatic nitrogens is 3. The molecule has 32 heavy (non-hydrogen) atoms. The molecule has 0 aliphatic carbocycles. The van der Waals surface area contributed by atoms with E-state index < -0.39 is 0 Å². The minimum absolute atomic E-state index is 0.555. The monoisotopic (exact) mass is 476 g/mol. The van der Waals surface area contributed by atoms with Crippen molar-refractivity contribution in [2.24, 2.45) is 0 Å². The van der Waals surface area contributed by atoms with Crippen LogP contribution in [-0.2, 0) is 24.5 Å². The van der Waals surface area contributed by atoms with E-state index in [1.54, 1.807) is 21.3 Å². The summed E-state index contributed by atoms with van der Waals surface area (Å²) in [5, 5.41) is 5.59. The van der Waals surface area contributed by atoms with Gasteiger partial charge < -0.3 is 14.2 Å². The van der Waals surface area contributed by atoms with Crippen LogP contribution in [0.4, 0.5) is 0 Å². The summed E-state index contributed by atoms with van der Waals surface area (Å²) in [4.78, 5) is 2.16. The molecule has 0 atom stereocenters. The van der Waals surface area contributed by atoms with Gasteiger partial charge in [0.1, 0.15) is 0 Å². The van der Waals surface area contributed by atoms with Gasteiger partial charge in [-0.15, -0.1) is 0 Å². The molecule has 9 heteroatoms. The number of methoxy groups -OCH3 is 3. The van der Waals surface area contributed by atoms with E-state index in [4.69, 9.17) is 43.1 Å². The van der Waals surface area contributed by atoms with Crippen molar-refractivity contribution in [3.8, 4) is 22.9 Å². The molecule has 0 aliphatic heterocycles. The fourth-order valence-corrected chi connectivity index (χ4v) is 3.87. The van der Waals surface area contributed by atoms with Crippen molar-refractivity contribution in [2.75, 3.05) is 35.0 Å². The first-order valence-corrected chi connectivity index (χ1v) is 11.1. The van der Waals surface area contributed by atoms with Gasteiger partial charge in [0.15, 0.2) is 22.1 Å². The molecule has 1 heterocycles. The number of halogens is 1. The topological polar surface area (TPSA) is 53.7 Å². The van der Waals surface area contributed by atoms with E-state index in [2.05, 4.69) is 4.90 Å². The van der Waals surface area contributed by atoms with Gasteiger partial charge in [0.25, 0.3) is 0 Å². The van der Waals surface area contributed by atoms with E-state index in [9.17, 15) is 0 Å². The fourth-order valence-electron chi connectivity index (χ4n) is 3.47. The third-order valence-corrected chi connectivity index (χ3v) is 5.72. The second-order valence-electron chi connectivity index (χ2n) is 7.46.